The third kappa shape index (κ3) is 5.28. The van der Waals surface area contributed by atoms with Crippen molar-refractivity contribution in [1.29, 1.82) is 0 Å². The number of nitrogens with one attached hydrogen (secondary N) is 1. The van der Waals surface area contributed by atoms with Crippen LogP contribution in [0, 0.1) is 0 Å². The lowest BCUT2D eigenvalue weighted by Crippen LogP contribution is -2.49. The van der Waals surface area contributed by atoms with Crippen molar-refractivity contribution in [3.05, 3.63) is 0 Å². The molecule has 4 N–H and O–H groups in total. The number of nitrogens with zero attached hydrogens (tertiary/aromatic N) is 2. The van der Waals surface area contributed by atoms with Gasteiger partial charge < -0.3 is 26.0 Å². The van der Waals surface area contributed by atoms with E-state index in [-0.39, 0.29) is 25.3 Å². The summed E-state index contributed by atoms with van der Waals surface area (Å²) in [6.45, 7) is 0.821. The zero-order valence-corrected chi connectivity index (χ0v) is 11.9. The van der Waals surface area contributed by atoms with Crippen LogP contribution >= 0.6 is 0 Å². The van der Waals surface area contributed by atoms with Gasteiger partial charge in [0.2, 0.25) is 11.8 Å². The van der Waals surface area contributed by atoms with Crippen LogP contribution in [0.4, 0.5) is 4.79 Å². The van der Waals surface area contributed by atoms with Crippen LogP contribution in [0.2, 0.25) is 0 Å². The van der Waals surface area contributed by atoms with E-state index < -0.39 is 23.9 Å². The molecule has 0 saturated carbocycles. The van der Waals surface area contributed by atoms with Crippen LogP contribution in [0.5, 0.6) is 0 Å². The highest BCUT2D eigenvalue weighted by Crippen LogP contribution is 2.05. The molecule has 1 rings (SSSR count). The molecule has 0 spiro atoms. The second-order valence-corrected chi connectivity index (χ2v) is 4.94. The molecule has 21 heavy (non-hydrogen) atoms. The molecule has 1 saturated heterocycles. The molecule has 1 atom stereocenters. The number of carbonyl (C=O) groups excluding carboxylic acids is 3. The average Bonchev–Trinajstić information content (AvgIpc) is 2.56. The van der Waals surface area contributed by atoms with Crippen LogP contribution in [0.25, 0.3) is 0 Å². The van der Waals surface area contributed by atoms with Gasteiger partial charge in [-0.05, 0) is 12.8 Å². The Kier molecular flexibility index (Phi) is 5.94. The molecule has 1 heterocycles. The first kappa shape index (κ1) is 16.7. The predicted octanol–water partition coefficient (Wildman–Crippen LogP) is -1.42. The molecule has 0 unspecified atom stereocenters. The fourth-order valence-electron chi connectivity index (χ4n) is 1.94. The zero-order valence-electron chi connectivity index (χ0n) is 11.9. The molecule has 9 nitrogen and oxygen atoms in total. The van der Waals surface area contributed by atoms with Gasteiger partial charge in [-0.1, -0.05) is 0 Å². The van der Waals surface area contributed by atoms with E-state index in [0.29, 0.717) is 19.5 Å². The summed E-state index contributed by atoms with van der Waals surface area (Å²) in [5, 5.41) is 11.3. The smallest absolute Gasteiger partial charge is 0.326 e. The van der Waals surface area contributed by atoms with E-state index in [1.165, 1.54) is 9.80 Å². The van der Waals surface area contributed by atoms with Crippen molar-refractivity contribution in [2.24, 2.45) is 5.73 Å². The van der Waals surface area contributed by atoms with Crippen LogP contribution in [-0.2, 0) is 14.4 Å². The number of amides is 4. The molecule has 1 fully saturated rings. The van der Waals surface area contributed by atoms with Crippen molar-refractivity contribution in [2.45, 2.75) is 25.3 Å². The largest absolute Gasteiger partial charge is 0.480 e. The number of rotatable bonds is 5. The summed E-state index contributed by atoms with van der Waals surface area (Å²) in [5.41, 5.74) is 4.96. The fraction of sp³-hybridized carbons (Fsp3) is 0.667. The van der Waals surface area contributed by atoms with Crippen LogP contribution in [-0.4, -0.2) is 71.4 Å². The van der Waals surface area contributed by atoms with E-state index >= 15 is 0 Å². The molecule has 0 bridgehead atoms. The fourth-order valence-corrected chi connectivity index (χ4v) is 1.94. The Morgan fingerprint density at radius 1 is 1.38 bits per heavy atom. The number of carboxylic acids is 1. The molecule has 9 heteroatoms. The summed E-state index contributed by atoms with van der Waals surface area (Å²) in [4.78, 5) is 48.3. The van der Waals surface area contributed by atoms with E-state index in [4.69, 9.17) is 10.8 Å². The van der Waals surface area contributed by atoms with Crippen LogP contribution < -0.4 is 11.1 Å². The van der Waals surface area contributed by atoms with Crippen LogP contribution in [0.15, 0.2) is 0 Å². The lowest BCUT2D eigenvalue weighted by molar-refractivity contribution is -0.139. The third-order valence-corrected chi connectivity index (χ3v) is 3.24. The zero-order chi connectivity index (χ0) is 16.0. The van der Waals surface area contributed by atoms with Gasteiger partial charge in [-0.3, -0.25) is 9.59 Å². The summed E-state index contributed by atoms with van der Waals surface area (Å²) in [5.74, 6) is -2.09. The predicted molar refractivity (Wildman–Crippen MR) is 72.2 cm³/mol. The van der Waals surface area contributed by atoms with E-state index in [2.05, 4.69) is 5.32 Å². The lowest BCUT2D eigenvalue weighted by Gasteiger charge is -2.23. The van der Waals surface area contributed by atoms with Crippen molar-refractivity contribution in [2.75, 3.05) is 26.7 Å². The Morgan fingerprint density at radius 3 is 2.62 bits per heavy atom. The molecular weight excluding hydrogens is 280 g/mol. The number of hydrogen-bond acceptors (Lipinski definition) is 4. The number of urea groups is 1. The summed E-state index contributed by atoms with van der Waals surface area (Å²) < 4.78 is 0. The molecule has 1 aliphatic heterocycles. The Hall–Kier alpha value is -2.32. The number of hydrogen-bond donors (Lipinski definition) is 3. The van der Waals surface area contributed by atoms with E-state index in [1.54, 1.807) is 7.05 Å². The number of carboxylic acid groups (broad SMARTS) is 1. The Morgan fingerprint density at radius 2 is 2.05 bits per heavy atom. The quantitative estimate of drug-likeness (QED) is 0.573. The standard InChI is InChI=1S/C12H20N4O5/c1-15-5-2-6-16(7-10(15)18)12(21)14-8(11(19)20)3-4-9(13)17/h8H,2-7H2,1H3,(H2,13,17)(H,14,21)(H,19,20)/t8-/m0/s1. The number of nitrogens with two attached hydrogens (primary N) is 1. The second kappa shape index (κ2) is 7.46. The van der Waals surface area contributed by atoms with E-state index in [1.807, 2.05) is 0 Å². The number of likely N-dealkylation sites (N-methyl/N-ethyl adjacent to an activating group) is 1. The highest BCUT2D eigenvalue weighted by Gasteiger charge is 2.27. The molecule has 0 aliphatic carbocycles. The molecule has 0 aromatic carbocycles. The van der Waals surface area contributed by atoms with Gasteiger partial charge in [0, 0.05) is 26.6 Å². The van der Waals surface area contributed by atoms with E-state index in [9.17, 15) is 19.2 Å². The van der Waals surface area contributed by atoms with Gasteiger partial charge in [0.25, 0.3) is 0 Å². The Labute approximate surface area is 122 Å². The second-order valence-electron chi connectivity index (χ2n) is 4.94. The van der Waals surface area contributed by atoms with Crippen molar-refractivity contribution in [3.8, 4) is 0 Å². The minimum absolute atomic E-state index is 0.0852. The summed E-state index contributed by atoms with van der Waals surface area (Å²) >= 11 is 0. The SMILES string of the molecule is CN1CCCN(C(=O)N[C@@H](CCC(N)=O)C(=O)O)CC1=O. The maximum atomic E-state index is 12.0. The van der Waals surface area contributed by atoms with Gasteiger partial charge in [0.1, 0.15) is 12.6 Å². The van der Waals surface area contributed by atoms with Crippen molar-refractivity contribution < 1.29 is 24.3 Å². The topological polar surface area (TPSA) is 133 Å². The Balaban J connectivity index is 2.61. The van der Waals surface area contributed by atoms with Gasteiger partial charge in [-0.25, -0.2) is 9.59 Å². The van der Waals surface area contributed by atoms with Gasteiger partial charge in [-0.15, -0.1) is 0 Å². The summed E-state index contributed by atoms with van der Waals surface area (Å²) in [6, 6.07) is -1.84. The van der Waals surface area contributed by atoms with Crippen LogP contribution in [0.1, 0.15) is 19.3 Å². The molecular formula is C12H20N4O5. The van der Waals surface area contributed by atoms with Gasteiger partial charge in [-0.2, -0.15) is 0 Å². The van der Waals surface area contributed by atoms with Gasteiger partial charge in [0.15, 0.2) is 0 Å². The summed E-state index contributed by atoms with van der Waals surface area (Å²) in [7, 11) is 1.65. The minimum atomic E-state index is -1.25. The normalized spacial score (nSPS) is 17.1. The number of primary amides is 1. The lowest BCUT2D eigenvalue weighted by atomic mass is 10.1. The summed E-state index contributed by atoms with van der Waals surface area (Å²) in [6.07, 6.45) is 0.395. The van der Waals surface area contributed by atoms with Gasteiger partial charge >= 0.3 is 12.0 Å². The first-order valence-corrected chi connectivity index (χ1v) is 6.61. The van der Waals surface area contributed by atoms with Crippen molar-refractivity contribution in [3.63, 3.8) is 0 Å². The Bertz CT molecular complexity index is 439. The first-order chi connectivity index (χ1) is 9.81. The first-order valence-electron chi connectivity index (χ1n) is 6.61. The number of aliphatic carboxylic acids is 1. The molecule has 0 aromatic heterocycles. The molecule has 4 amide bonds. The maximum absolute atomic E-state index is 12.0. The average molecular weight is 300 g/mol. The highest BCUT2D eigenvalue weighted by molar-refractivity contribution is 5.87. The molecule has 118 valence electrons. The number of carbonyl (C=O) groups is 4. The van der Waals surface area contributed by atoms with Gasteiger partial charge in [0.05, 0.1) is 0 Å². The third-order valence-electron chi connectivity index (χ3n) is 3.24. The van der Waals surface area contributed by atoms with Crippen LogP contribution in [0.3, 0.4) is 0 Å². The molecule has 0 radical (unpaired) electrons. The molecule has 0 aromatic rings. The van der Waals surface area contributed by atoms with Crippen molar-refractivity contribution >= 4 is 23.8 Å². The minimum Gasteiger partial charge on any atom is -0.480 e. The maximum Gasteiger partial charge on any atom is 0.326 e. The van der Waals surface area contributed by atoms with E-state index in [0.717, 1.165) is 0 Å². The molecule has 1 aliphatic rings. The van der Waals surface area contributed by atoms with Crippen molar-refractivity contribution in [1.82, 2.24) is 15.1 Å². The highest BCUT2D eigenvalue weighted by atomic mass is 16.4. The monoisotopic (exact) mass is 300 g/mol.